The molecule has 0 atom stereocenters. The fourth-order valence-electron chi connectivity index (χ4n) is 3.27. The average Bonchev–Trinajstić information content (AvgIpc) is 2.87. The van der Waals surface area contributed by atoms with Crippen molar-refractivity contribution < 1.29 is 24.1 Å². The van der Waals surface area contributed by atoms with Gasteiger partial charge < -0.3 is 19.3 Å². The van der Waals surface area contributed by atoms with Crippen molar-refractivity contribution in [3.63, 3.8) is 0 Å². The van der Waals surface area contributed by atoms with Crippen molar-refractivity contribution in [2.45, 2.75) is 32.3 Å². The molecule has 5 nitrogen and oxygen atoms in total. The van der Waals surface area contributed by atoms with E-state index < -0.39 is 5.97 Å². The summed E-state index contributed by atoms with van der Waals surface area (Å²) in [4.78, 5) is 11.1. The Kier molecular flexibility index (Phi) is 4.33. The van der Waals surface area contributed by atoms with Crippen LogP contribution in [0.5, 0.6) is 17.2 Å². The molecule has 0 fully saturated rings. The van der Waals surface area contributed by atoms with Gasteiger partial charge in [-0.1, -0.05) is 6.07 Å². The van der Waals surface area contributed by atoms with Gasteiger partial charge in [-0.15, -0.1) is 0 Å². The topological polar surface area (TPSA) is 65.0 Å². The number of aliphatic carboxylic acids is 1. The second kappa shape index (κ2) is 6.31. The molecule has 1 aliphatic heterocycles. The standard InChI is InChI=1S/C20H22O5/c1-20(2)11-14-7-12(5-6-16(14)25-20)13-8-17(23-3)15(10-19(21)22)18(9-13)24-4/h5-9H,10-11H2,1-4H3,(H,21,22). The Bertz CT molecular complexity index is 798. The first kappa shape index (κ1) is 17.1. The average molecular weight is 342 g/mol. The molecule has 0 bridgehead atoms. The van der Waals surface area contributed by atoms with Crippen molar-refractivity contribution in [3.8, 4) is 28.4 Å². The molecule has 0 amide bonds. The van der Waals surface area contributed by atoms with E-state index in [1.54, 1.807) is 0 Å². The lowest BCUT2D eigenvalue weighted by Gasteiger charge is -2.16. The number of methoxy groups -OCH3 is 2. The van der Waals surface area contributed by atoms with Crippen molar-refractivity contribution in [2.75, 3.05) is 14.2 Å². The monoisotopic (exact) mass is 342 g/mol. The summed E-state index contributed by atoms with van der Waals surface area (Å²) >= 11 is 0. The molecule has 1 heterocycles. The molecule has 0 aliphatic carbocycles. The molecule has 0 unspecified atom stereocenters. The first-order valence-electron chi connectivity index (χ1n) is 8.12. The number of ether oxygens (including phenoxy) is 3. The van der Waals surface area contributed by atoms with E-state index in [9.17, 15) is 4.79 Å². The van der Waals surface area contributed by atoms with Gasteiger partial charge in [-0.25, -0.2) is 0 Å². The van der Waals surface area contributed by atoms with Crippen molar-refractivity contribution in [1.82, 2.24) is 0 Å². The Morgan fingerprint density at radius 2 is 1.76 bits per heavy atom. The van der Waals surface area contributed by atoms with E-state index in [-0.39, 0.29) is 12.0 Å². The number of hydrogen-bond donors (Lipinski definition) is 1. The second-order valence-electron chi connectivity index (χ2n) is 6.79. The Morgan fingerprint density at radius 3 is 2.32 bits per heavy atom. The highest BCUT2D eigenvalue weighted by molar-refractivity contribution is 5.76. The van der Waals surface area contributed by atoms with Crippen LogP contribution in [0.2, 0.25) is 0 Å². The summed E-state index contributed by atoms with van der Waals surface area (Å²) in [5.74, 6) is 0.999. The largest absolute Gasteiger partial charge is 0.496 e. The van der Waals surface area contributed by atoms with Gasteiger partial charge in [0.15, 0.2) is 0 Å². The van der Waals surface area contributed by atoms with Gasteiger partial charge in [-0.2, -0.15) is 0 Å². The van der Waals surface area contributed by atoms with Crippen LogP contribution >= 0.6 is 0 Å². The van der Waals surface area contributed by atoms with Gasteiger partial charge in [0.25, 0.3) is 0 Å². The zero-order chi connectivity index (χ0) is 18.2. The molecule has 25 heavy (non-hydrogen) atoms. The molecule has 1 aliphatic rings. The Labute approximate surface area is 147 Å². The molecule has 2 aromatic rings. The first-order chi connectivity index (χ1) is 11.8. The Morgan fingerprint density at radius 1 is 1.12 bits per heavy atom. The number of benzene rings is 2. The summed E-state index contributed by atoms with van der Waals surface area (Å²) < 4.78 is 16.7. The zero-order valence-electron chi connectivity index (χ0n) is 14.9. The molecule has 3 rings (SSSR count). The van der Waals surface area contributed by atoms with Crippen LogP contribution in [0.15, 0.2) is 30.3 Å². The van der Waals surface area contributed by atoms with Crippen molar-refractivity contribution >= 4 is 5.97 Å². The zero-order valence-corrected chi connectivity index (χ0v) is 14.9. The van der Waals surface area contributed by atoms with Crippen molar-refractivity contribution in [3.05, 3.63) is 41.5 Å². The molecular weight excluding hydrogens is 320 g/mol. The minimum Gasteiger partial charge on any atom is -0.496 e. The summed E-state index contributed by atoms with van der Waals surface area (Å²) in [5.41, 5.74) is 3.43. The van der Waals surface area contributed by atoms with Crippen LogP contribution in [0.1, 0.15) is 25.0 Å². The minimum atomic E-state index is -0.929. The Balaban J connectivity index is 2.05. The molecule has 1 N–H and O–H groups in total. The normalized spacial score (nSPS) is 14.6. The molecule has 0 saturated heterocycles. The SMILES string of the molecule is COc1cc(-c2ccc3c(c2)CC(C)(C)O3)cc(OC)c1CC(=O)O. The molecule has 0 aromatic heterocycles. The molecule has 5 heteroatoms. The summed E-state index contributed by atoms with van der Waals surface area (Å²) in [6, 6.07) is 9.77. The van der Waals surface area contributed by atoms with Gasteiger partial charge >= 0.3 is 5.97 Å². The lowest BCUT2D eigenvalue weighted by Crippen LogP contribution is -2.24. The van der Waals surface area contributed by atoms with Crippen LogP contribution in [0.25, 0.3) is 11.1 Å². The van der Waals surface area contributed by atoms with Gasteiger partial charge in [0.2, 0.25) is 0 Å². The van der Waals surface area contributed by atoms with Gasteiger partial charge in [0, 0.05) is 12.0 Å². The maximum atomic E-state index is 11.1. The maximum Gasteiger partial charge on any atom is 0.308 e. The van der Waals surface area contributed by atoms with Crippen molar-refractivity contribution in [1.29, 1.82) is 0 Å². The van der Waals surface area contributed by atoms with Crippen LogP contribution < -0.4 is 14.2 Å². The highest BCUT2D eigenvalue weighted by Crippen LogP contribution is 2.40. The van der Waals surface area contributed by atoms with E-state index in [4.69, 9.17) is 19.3 Å². The van der Waals surface area contributed by atoms with Crippen LogP contribution in [0, 0.1) is 0 Å². The maximum absolute atomic E-state index is 11.1. The summed E-state index contributed by atoms with van der Waals surface area (Å²) in [6.07, 6.45) is 0.695. The van der Waals surface area contributed by atoms with Crippen molar-refractivity contribution in [2.24, 2.45) is 0 Å². The predicted molar refractivity (Wildman–Crippen MR) is 94.7 cm³/mol. The van der Waals surface area contributed by atoms with Crippen LogP contribution in [0.3, 0.4) is 0 Å². The number of carbonyl (C=O) groups is 1. The van der Waals surface area contributed by atoms with Crippen LogP contribution in [0.4, 0.5) is 0 Å². The van der Waals surface area contributed by atoms with E-state index in [2.05, 4.69) is 19.9 Å². The fourth-order valence-corrected chi connectivity index (χ4v) is 3.27. The van der Waals surface area contributed by atoms with E-state index in [1.807, 2.05) is 24.3 Å². The molecule has 0 spiro atoms. The van der Waals surface area contributed by atoms with Gasteiger partial charge in [-0.05, 0) is 54.8 Å². The van der Waals surface area contributed by atoms with E-state index in [0.717, 1.165) is 28.9 Å². The quantitative estimate of drug-likeness (QED) is 0.897. The number of fused-ring (bicyclic) bond motifs is 1. The van der Waals surface area contributed by atoms with Crippen LogP contribution in [-0.2, 0) is 17.6 Å². The number of rotatable bonds is 5. The minimum absolute atomic E-state index is 0.154. The molecule has 0 radical (unpaired) electrons. The molecule has 0 saturated carbocycles. The van der Waals surface area contributed by atoms with Gasteiger partial charge in [0.1, 0.15) is 22.8 Å². The van der Waals surface area contributed by atoms with E-state index in [1.165, 1.54) is 14.2 Å². The third kappa shape index (κ3) is 3.40. The third-order valence-electron chi connectivity index (χ3n) is 4.33. The summed E-state index contributed by atoms with van der Waals surface area (Å²) in [5, 5.41) is 9.12. The molecule has 132 valence electrons. The van der Waals surface area contributed by atoms with Crippen LogP contribution in [-0.4, -0.2) is 30.9 Å². The van der Waals surface area contributed by atoms with Gasteiger partial charge in [-0.3, -0.25) is 4.79 Å². The third-order valence-corrected chi connectivity index (χ3v) is 4.33. The van der Waals surface area contributed by atoms with E-state index in [0.29, 0.717) is 17.1 Å². The smallest absolute Gasteiger partial charge is 0.308 e. The lowest BCUT2D eigenvalue weighted by molar-refractivity contribution is -0.136. The predicted octanol–water partition coefficient (Wildman–Crippen LogP) is 3.71. The highest BCUT2D eigenvalue weighted by atomic mass is 16.5. The molecular formula is C20H22O5. The van der Waals surface area contributed by atoms with Gasteiger partial charge in [0.05, 0.1) is 20.6 Å². The number of carboxylic acids is 1. The number of carboxylic acid groups (broad SMARTS) is 1. The Hall–Kier alpha value is -2.69. The summed E-state index contributed by atoms with van der Waals surface area (Å²) in [7, 11) is 3.06. The summed E-state index contributed by atoms with van der Waals surface area (Å²) in [6.45, 7) is 4.14. The van der Waals surface area contributed by atoms with E-state index >= 15 is 0 Å². The molecule has 2 aromatic carbocycles. The first-order valence-corrected chi connectivity index (χ1v) is 8.12. The fraction of sp³-hybridized carbons (Fsp3) is 0.350. The lowest BCUT2D eigenvalue weighted by atomic mass is 9.96. The second-order valence-corrected chi connectivity index (χ2v) is 6.79. The highest BCUT2D eigenvalue weighted by Gasteiger charge is 2.30. The number of hydrogen-bond acceptors (Lipinski definition) is 4.